The van der Waals surface area contributed by atoms with Crippen molar-refractivity contribution < 1.29 is 45.6 Å². The second kappa shape index (κ2) is 4.02. The molecule has 4 aliphatic heterocycles. The van der Waals surface area contributed by atoms with Crippen LogP contribution in [-0.4, -0.2) is 91.3 Å². The third-order valence-electron chi connectivity index (χ3n) is 5.37. The van der Waals surface area contributed by atoms with Crippen LogP contribution in [0.3, 0.4) is 0 Å². The zero-order valence-corrected chi connectivity index (χ0v) is 11.4. The van der Waals surface area contributed by atoms with E-state index in [0.717, 1.165) is 0 Å². The van der Waals surface area contributed by atoms with E-state index in [1.165, 1.54) is 5.01 Å². The SMILES string of the molecule is [NH3+]N1CNC(O)C2C3OC4(O)OC(C(=O)C21C4O)C3(O)CO. The zero-order valence-electron chi connectivity index (χ0n) is 11.4. The van der Waals surface area contributed by atoms with Gasteiger partial charge in [0, 0.05) is 0 Å². The molecular weight excluding hydrogens is 302 g/mol. The third kappa shape index (κ3) is 1.27. The Balaban J connectivity index is 1.96. The lowest BCUT2D eigenvalue weighted by molar-refractivity contribution is -0.638. The summed E-state index contributed by atoms with van der Waals surface area (Å²) in [4.78, 5) is 12.9. The first-order valence-corrected chi connectivity index (χ1v) is 6.86. The van der Waals surface area contributed by atoms with Crippen molar-refractivity contribution in [3.8, 4) is 0 Å². The Morgan fingerprint density at radius 2 is 2.05 bits per heavy atom. The number of carbonyl (C=O) groups excluding carboxylic acids is 1. The number of nitrogens with one attached hydrogen (secondary N) is 1. The van der Waals surface area contributed by atoms with Crippen LogP contribution in [0.15, 0.2) is 0 Å². The lowest BCUT2D eigenvalue weighted by Gasteiger charge is -2.69. The largest absolute Gasteiger partial charge is 0.393 e. The predicted molar refractivity (Wildman–Crippen MR) is 62.7 cm³/mol. The molecular formula is C11H18N3O8+. The van der Waals surface area contributed by atoms with E-state index >= 15 is 0 Å². The van der Waals surface area contributed by atoms with Gasteiger partial charge in [-0.1, -0.05) is 0 Å². The number of hydrogen-bond acceptors (Lipinski definition) is 10. The van der Waals surface area contributed by atoms with Crippen LogP contribution in [0.25, 0.3) is 0 Å². The van der Waals surface area contributed by atoms with E-state index in [1.807, 2.05) is 0 Å². The van der Waals surface area contributed by atoms with Crippen molar-refractivity contribution in [1.29, 1.82) is 0 Å². The maximum Gasteiger partial charge on any atom is 0.311 e. The van der Waals surface area contributed by atoms with Gasteiger partial charge in [-0.2, -0.15) is 0 Å². The second-order valence-corrected chi connectivity index (χ2v) is 6.28. The molecule has 5 rings (SSSR count). The molecule has 0 amide bonds. The first-order valence-electron chi connectivity index (χ1n) is 6.86. The van der Waals surface area contributed by atoms with Gasteiger partial charge in [-0.3, -0.25) is 16.0 Å². The van der Waals surface area contributed by atoms with Crippen molar-refractivity contribution in [3.63, 3.8) is 0 Å². The molecule has 0 radical (unpaired) electrons. The maximum absolute atomic E-state index is 12.9. The van der Waals surface area contributed by atoms with Gasteiger partial charge in [0.1, 0.15) is 17.9 Å². The zero-order chi connectivity index (χ0) is 16.1. The van der Waals surface area contributed by atoms with E-state index in [2.05, 4.69) is 11.2 Å². The molecule has 1 aliphatic carbocycles. The molecule has 4 heterocycles. The summed E-state index contributed by atoms with van der Waals surface area (Å²) in [7, 11) is 0. The average Bonchev–Trinajstić information content (AvgIpc) is 2.48. The van der Waals surface area contributed by atoms with E-state index < -0.39 is 60.0 Å². The van der Waals surface area contributed by atoms with Crippen LogP contribution in [-0.2, 0) is 14.3 Å². The van der Waals surface area contributed by atoms with E-state index in [9.17, 15) is 30.3 Å². The van der Waals surface area contributed by atoms with Crippen molar-refractivity contribution in [2.24, 2.45) is 5.92 Å². The van der Waals surface area contributed by atoms with Gasteiger partial charge < -0.3 is 35.0 Å². The van der Waals surface area contributed by atoms with Crippen molar-refractivity contribution in [3.05, 3.63) is 0 Å². The topological polar surface area (TPSA) is 180 Å². The fourth-order valence-corrected chi connectivity index (χ4v) is 4.31. The number of hydrogen-bond donors (Lipinski definition) is 7. The van der Waals surface area contributed by atoms with E-state index in [-0.39, 0.29) is 6.67 Å². The van der Waals surface area contributed by atoms with Gasteiger partial charge in [-0.15, -0.1) is 5.01 Å². The van der Waals surface area contributed by atoms with Crippen LogP contribution in [0.4, 0.5) is 0 Å². The first kappa shape index (κ1) is 14.8. The smallest absolute Gasteiger partial charge is 0.311 e. The molecule has 9 N–H and O–H groups in total. The normalized spacial score (nSPS) is 60.6. The molecule has 8 atom stereocenters. The number of Topliss-reactive ketones (excluding diaryl/α,β-unsaturated/α-hetero) is 1. The lowest BCUT2D eigenvalue weighted by atomic mass is 9.55. The summed E-state index contributed by atoms with van der Waals surface area (Å²) in [5, 5.41) is 55.1. The van der Waals surface area contributed by atoms with Crippen LogP contribution >= 0.6 is 0 Å². The Morgan fingerprint density at radius 1 is 1.36 bits per heavy atom. The highest BCUT2D eigenvalue weighted by atomic mass is 16.9. The summed E-state index contributed by atoms with van der Waals surface area (Å²) in [6.45, 7) is -0.912. The summed E-state index contributed by atoms with van der Waals surface area (Å²) in [5.41, 5.74) is -3.93. The number of aliphatic hydroxyl groups is 5. The number of ketones is 1. The minimum absolute atomic E-state index is 0.0342. The lowest BCUT2D eigenvalue weighted by Crippen LogP contribution is -3.00. The maximum atomic E-state index is 12.9. The molecule has 11 nitrogen and oxygen atoms in total. The van der Waals surface area contributed by atoms with E-state index in [0.29, 0.717) is 0 Å². The molecule has 0 aromatic carbocycles. The highest BCUT2D eigenvalue weighted by Crippen LogP contribution is 2.57. The summed E-state index contributed by atoms with van der Waals surface area (Å²) < 4.78 is 10.3. The van der Waals surface area contributed by atoms with Crippen molar-refractivity contribution in [1.82, 2.24) is 10.3 Å². The van der Waals surface area contributed by atoms with Crippen molar-refractivity contribution in [2.75, 3.05) is 13.3 Å². The Morgan fingerprint density at radius 3 is 2.68 bits per heavy atom. The molecule has 11 heteroatoms. The number of ether oxygens (including phenoxy) is 2. The molecule has 4 bridgehead atoms. The highest BCUT2D eigenvalue weighted by molar-refractivity contribution is 5.97. The van der Waals surface area contributed by atoms with Gasteiger partial charge in [-0.25, -0.2) is 0 Å². The van der Waals surface area contributed by atoms with Gasteiger partial charge in [0.15, 0.2) is 23.5 Å². The summed E-state index contributed by atoms with van der Waals surface area (Å²) >= 11 is 0. The molecule has 22 heavy (non-hydrogen) atoms. The molecule has 1 saturated carbocycles. The van der Waals surface area contributed by atoms with Gasteiger partial charge >= 0.3 is 5.97 Å². The molecule has 5 fully saturated rings. The van der Waals surface area contributed by atoms with Crippen molar-refractivity contribution in [2.45, 2.75) is 41.7 Å². The van der Waals surface area contributed by atoms with E-state index in [4.69, 9.17) is 9.47 Å². The van der Waals surface area contributed by atoms with Gasteiger partial charge in [0.2, 0.25) is 0 Å². The Labute approximate surface area is 123 Å². The van der Waals surface area contributed by atoms with Crippen molar-refractivity contribution >= 4 is 5.78 Å². The molecule has 5 aliphatic rings. The molecule has 8 unspecified atom stereocenters. The first-order chi connectivity index (χ1) is 10.2. The van der Waals surface area contributed by atoms with Crippen LogP contribution < -0.4 is 11.2 Å². The molecule has 1 spiro atoms. The fourth-order valence-electron chi connectivity index (χ4n) is 4.31. The van der Waals surface area contributed by atoms with E-state index in [1.54, 1.807) is 0 Å². The predicted octanol–water partition coefficient (Wildman–Crippen LogP) is -6.21. The molecule has 0 aromatic rings. The van der Waals surface area contributed by atoms with Gasteiger partial charge in [0.05, 0.1) is 19.2 Å². The average molecular weight is 320 g/mol. The second-order valence-electron chi connectivity index (χ2n) is 6.28. The number of quaternary nitrogens is 1. The standard InChI is InChI=1S/C11H17N3O8/c12-14-2-13-7(17)3-5-9(19,1-15)6-4(16)10(3,14)8(18)11(20,21-5)22-6/h3,5-8,13,15,17-20H,1-2,12H2/p+1. The van der Waals surface area contributed by atoms with Crippen LogP contribution in [0, 0.1) is 5.92 Å². The summed E-state index contributed by atoms with van der Waals surface area (Å²) in [6.07, 6.45) is -6.09. The van der Waals surface area contributed by atoms with Crippen LogP contribution in [0.5, 0.6) is 0 Å². The molecule has 0 aromatic heterocycles. The minimum atomic E-state index is -2.52. The van der Waals surface area contributed by atoms with Crippen LogP contribution in [0.1, 0.15) is 0 Å². The number of nitrogens with zero attached hydrogens (tertiary/aromatic N) is 1. The Kier molecular flexibility index (Phi) is 2.71. The highest BCUT2D eigenvalue weighted by Gasteiger charge is 2.85. The summed E-state index contributed by atoms with van der Waals surface area (Å²) in [6, 6.07) is 0. The third-order valence-corrected chi connectivity index (χ3v) is 5.37. The van der Waals surface area contributed by atoms with Gasteiger partial charge in [-0.05, 0) is 0 Å². The van der Waals surface area contributed by atoms with Crippen LogP contribution in [0.2, 0.25) is 0 Å². The number of aliphatic hydroxyl groups excluding tert-OH is 3. The molecule has 124 valence electrons. The minimum Gasteiger partial charge on any atom is -0.393 e. The monoisotopic (exact) mass is 320 g/mol. The van der Waals surface area contributed by atoms with Gasteiger partial charge in [0.25, 0.3) is 0 Å². The quantitative estimate of drug-likeness (QED) is 0.246. The Bertz CT molecular complexity index is 549. The summed E-state index contributed by atoms with van der Waals surface area (Å²) in [5.74, 6) is -0.736. The molecule has 4 saturated heterocycles. The number of rotatable bonds is 1. The fraction of sp³-hybridized carbons (Fsp3) is 0.909. The number of carbonyl (C=O) groups is 1. The Hall–Kier alpha value is -0.730.